The third-order valence-corrected chi connectivity index (χ3v) is 13.3. The molecule has 0 saturated heterocycles. The molecule has 0 bridgehead atoms. The molecular weight excluding hydrogens is 760 g/mol. The Morgan fingerprint density at radius 3 is 1.31 bits per heavy atom. The molecule has 0 heterocycles. The van der Waals surface area contributed by atoms with E-state index in [1.807, 2.05) is 0 Å². The molecule has 5 nitrogen and oxygen atoms in total. The quantitative estimate of drug-likeness (QED) is 0.103. The van der Waals surface area contributed by atoms with E-state index in [4.69, 9.17) is 19.7 Å². The molecule has 0 radical (unpaired) electrons. The Morgan fingerprint density at radius 2 is 0.941 bits per heavy atom. The summed E-state index contributed by atoms with van der Waals surface area (Å²) in [6.07, 6.45) is 27.3. The van der Waals surface area contributed by atoms with Gasteiger partial charge in [-0.2, -0.15) is 11.8 Å². The van der Waals surface area contributed by atoms with Gasteiger partial charge in [0.25, 0.3) is 0 Å². The molecule has 4 aliphatic carbocycles. The van der Waals surface area contributed by atoms with Crippen molar-refractivity contribution in [1.29, 1.82) is 0 Å². The molecule has 0 aliphatic heterocycles. The zero-order chi connectivity index (χ0) is 33.4. The zero-order valence-electron chi connectivity index (χ0n) is 35.3. The van der Waals surface area contributed by atoms with Crippen molar-refractivity contribution < 1.29 is 58.0 Å². The Hall–Kier alpha value is 1.38. The van der Waals surface area contributed by atoms with Crippen molar-refractivity contribution in [3.8, 4) is 0 Å². The van der Waals surface area contributed by atoms with Crippen LogP contribution in [-0.4, -0.2) is 74.1 Å². The number of ether oxygens (including phenoxy) is 2. The Bertz CT molecular complexity index is 685. The Labute approximate surface area is 349 Å². The van der Waals surface area contributed by atoms with Gasteiger partial charge in [-0.05, 0) is 84.0 Å². The maximum Gasteiger partial charge on any atom is 2.00 e. The van der Waals surface area contributed by atoms with E-state index in [0.29, 0.717) is 35.7 Å². The summed E-state index contributed by atoms with van der Waals surface area (Å²) in [5.74, 6) is 1.49. The van der Waals surface area contributed by atoms with Crippen LogP contribution >= 0.6 is 11.8 Å². The van der Waals surface area contributed by atoms with E-state index in [2.05, 4.69) is 53.3 Å². The standard InChI is InChI=1S/C14H28O3S.C14H28O2S.2C5H10.4CH3.2Fe/c1-14(2,3)18(16)13-8-4-6-12(13)7-5-10-17-11-9-15;1-14(2,3)17-13-8-4-6-12(13)7-5-10-16-11-9-15;2*1-2-4-5-3-1;;;;;;/h12-13,15H,4-11H2,1-3H3;12-13,15H,4-11H2,1-3H3;2*1-5H2;4*1H3;;/q;;;;4*-1;2*+2. The summed E-state index contributed by atoms with van der Waals surface area (Å²) in [4.78, 5) is 0. The van der Waals surface area contributed by atoms with Crippen LogP contribution in [0.5, 0.6) is 0 Å². The number of aliphatic hydroxyl groups excluding tert-OH is 2. The number of aliphatic hydroxyl groups is 2. The fourth-order valence-electron chi connectivity index (χ4n) is 7.01. The van der Waals surface area contributed by atoms with E-state index >= 15 is 0 Å². The van der Waals surface area contributed by atoms with Crippen molar-refractivity contribution in [3.05, 3.63) is 29.7 Å². The van der Waals surface area contributed by atoms with Crippen molar-refractivity contribution in [2.45, 2.75) is 190 Å². The summed E-state index contributed by atoms with van der Waals surface area (Å²) < 4.78 is 23.4. The molecule has 5 atom stereocenters. The van der Waals surface area contributed by atoms with E-state index in [9.17, 15) is 4.21 Å². The van der Waals surface area contributed by atoms with Crippen LogP contribution in [0.1, 0.15) is 170 Å². The van der Waals surface area contributed by atoms with Gasteiger partial charge in [-0.15, -0.1) is 0 Å². The molecule has 2 N–H and O–H groups in total. The SMILES string of the molecule is C1CCCC1.C1CCCC1.CC(C)(C)S(=O)C1CCCC1CCCOCCO.CC(C)(C)SC1CCCC1CCCOCCO.[CH3-].[CH3-].[CH3-].[CH3-].[Fe+2].[Fe+2]. The second kappa shape index (κ2) is 39.6. The molecule has 4 fully saturated rings. The minimum absolute atomic E-state index is 0. The molecule has 0 amide bonds. The van der Waals surface area contributed by atoms with Crippen LogP contribution in [0.2, 0.25) is 0 Å². The monoisotopic (exact) mass is 848 g/mol. The van der Waals surface area contributed by atoms with Crippen LogP contribution in [0.3, 0.4) is 0 Å². The van der Waals surface area contributed by atoms with Crippen LogP contribution < -0.4 is 0 Å². The number of thioether (sulfide) groups is 1. The second-order valence-corrected chi connectivity index (χ2v) is 20.1. The van der Waals surface area contributed by atoms with Gasteiger partial charge < -0.3 is 49.4 Å². The van der Waals surface area contributed by atoms with Crippen LogP contribution in [0.15, 0.2) is 0 Å². The smallest absolute Gasteiger partial charge is 0.394 e. The van der Waals surface area contributed by atoms with Crippen molar-refractivity contribution in [2.24, 2.45) is 11.8 Å². The molecule has 9 heteroatoms. The van der Waals surface area contributed by atoms with Gasteiger partial charge in [0.2, 0.25) is 0 Å². The molecule has 0 aromatic heterocycles. The second-order valence-electron chi connectivity index (χ2n) is 15.6. The van der Waals surface area contributed by atoms with Gasteiger partial charge in [-0.25, -0.2) is 0 Å². The fraction of sp³-hybridized carbons (Fsp3) is 0.905. The minimum Gasteiger partial charge on any atom is -0.394 e. The molecule has 0 aromatic rings. The van der Waals surface area contributed by atoms with Gasteiger partial charge in [0.05, 0.1) is 26.4 Å². The third-order valence-electron chi connectivity index (χ3n) is 9.26. The zero-order valence-corrected chi connectivity index (χ0v) is 39.2. The first kappa shape index (κ1) is 64.3. The molecule has 4 rings (SSSR count). The summed E-state index contributed by atoms with van der Waals surface area (Å²) in [6.45, 7) is 15.9. The summed E-state index contributed by atoms with van der Waals surface area (Å²) in [6, 6.07) is 0. The maximum absolute atomic E-state index is 12.5. The third kappa shape index (κ3) is 34.4. The van der Waals surface area contributed by atoms with Gasteiger partial charge in [-0.3, -0.25) is 4.21 Å². The Kier molecular flexibility index (Phi) is 49.9. The predicted molar refractivity (Wildman–Crippen MR) is 224 cm³/mol. The normalized spacial score (nSPS) is 22.5. The first-order valence-corrected chi connectivity index (χ1v) is 21.0. The summed E-state index contributed by atoms with van der Waals surface area (Å²) >= 11 is 2.16. The number of rotatable bonds is 14. The molecule has 4 aliphatic rings. The molecule has 0 aromatic carbocycles. The van der Waals surface area contributed by atoms with Gasteiger partial charge in [0.1, 0.15) is 0 Å². The molecule has 4 saturated carbocycles. The fourth-order valence-corrected chi connectivity index (χ4v) is 10.6. The first-order valence-electron chi connectivity index (χ1n) is 18.9. The topological polar surface area (TPSA) is 76.0 Å². The molecule has 314 valence electrons. The van der Waals surface area contributed by atoms with Gasteiger partial charge in [0, 0.05) is 44.0 Å². The Morgan fingerprint density at radius 1 is 0.569 bits per heavy atom. The predicted octanol–water partition coefficient (Wildman–Crippen LogP) is 11.7. The largest absolute Gasteiger partial charge is 2.00 e. The van der Waals surface area contributed by atoms with E-state index in [1.54, 1.807) is 0 Å². The molecule has 51 heavy (non-hydrogen) atoms. The van der Waals surface area contributed by atoms with Crippen molar-refractivity contribution in [1.82, 2.24) is 0 Å². The minimum atomic E-state index is -0.732. The molecule has 0 spiro atoms. The van der Waals surface area contributed by atoms with E-state index in [-0.39, 0.29) is 81.8 Å². The van der Waals surface area contributed by atoms with Crippen LogP contribution in [0.4, 0.5) is 0 Å². The molecular formula is C42H88Fe2O5S2. The van der Waals surface area contributed by atoms with Gasteiger partial charge in [-0.1, -0.05) is 97.8 Å². The van der Waals surface area contributed by atoms with E-state index in [1.165, 1.54) is 103 Å². The van der Waals surface area contributed by atoms with Crippen LogP contribution in [0.25, 0.3) is 0 Å². The summed E-state index contributed by atoms with van der Waals surface area (Å²) in [5, 5.41) is 18.5. The summed E-state index contributed by atoms with van der Waals surface area (Å²) in [7, 11) is -0.732. The van der Waals surface area contributed by atoms with Gasteiger partial charge in [0.15, 0.2) is 0 Å². The molecule has 5 unspecified atom stereocenters. The average molecular weight is 849 g/mol. The number of hydrogen-bond donors (Lipinski definition) is 2. The van der Waals surface area contributed by atoms with Gasteiger partial charge >= 0.3 is 34.1 Å². The van der Waals surface area contributed by atoms with Crippen LogP contribution in [-0.2, 0) is 54.4 Å². The first-order chi connectivity index (χ1) is 21.5. The summed E-state index contributed by atoms with van der Waals surface area (Å²) in [5.41, 5.74) is 0. The van der Waals surface area contributed by atoms with E-state index in [0.717, 1.165) is 43.5 Å². The average Bonchev–Trinajstić information content (AvgIpc) is 3.82. The van der Waals surface area contributed by atoms with Crippen molar-refractivity contribution in [3.63, 3.8) is 0 Å². The van der Waals surface area contributed by atoms with Crippen molar-refractivity contribution in [2.75, 3.05) is 39.6 Å². The number of hydrogen-bond acceptors (Lipinski definition) is 6. The van der Waals surface area contributed by atoms with Crippen LogP contribution in [0, 0.1) is 41.5 Å². The maximum atomic E-state index is 12.5. The van der Waals surface area contributed by atoms with Crippen molar-refractivity contribution >= 4 is 22.6 Å². The van der Waals surface area contributed by atoms with E-state index < -0.39 is 10.8 Å². The Balaban J connectivity index is -0.000000142.